The van der Waals surface area contributed by atoms with Crippen molar-refractivity contribution in [1.82, 2.24) is 0 Å². The monoisotopic (exact) mass is 442 g/mol. The molecule has 1 aliphatic heterocycles. The van der Waals surface area contributed by atoms with Gasteiger partial charge in [-0.3, -0.25) is 0 Å². The summed E-state index contributed by atoms with van der Waals surface area (Å²) in [5, 5.41) is 1.29. The summed E-state index contributed by atoms with van der Waals surface area (Å²) in [5.41, 5.74) is 0. The van der Waals surface area contributed by atoms with E-state index in [9.17, 15) is 0 Å². The van der Waals surface area contributed by atoms with Crippen LogP contribution in [0, 0.1) is 0 Å². The van der Waals surface area contributed by atoms with Crippen LogP contribution in [0.4, 0.5) is 0 Å². The van der Waals surface area contributed by atoms with E-state index in [2.05, 4.69) is 31.9 Å². The van der Waals surface area contributed by atoms with Crippen LogP contribution in [-0.4, -0.2) is 0 Å². The van der Waals surface area contributed by atoms with Gasteiger partial charge < -0.3 is 9.47 Å². The fourth-order valence-corrected chi connectivity index (χ4v) is 3.04. The number of halogens is 5. The average molecular weight is 445 g/mol. The van der Waals surface area contributed by atoms with Gasteiger partial charge in [0.15, 0.2) is 23.0 Å². The Morgan fingerprint density at radius 1 is 0.789 bits per heavy atom. The first kappa shape index (κ1) is 13.8. The molecule has 0 spiro atoms. The molecular weight excluding hydrogens is 442 g/mol. The number of rotatable bonds is 0. The minimum absolute atomic E-state index is 0.375. The van der Waals surface area contributed by atoms with Crippen LogP contribution in [-0.2, 0) is 0 Å². The summed E-state index contributed by atoms with van der Waals surface area (Å²) in [7, 11) is 0. The van der Waals surface area contributed by atoms with Crippen LogP contribution in [0.3, 0.4) is 0 Å². The van der Waals surface area contributed by atoms with Crippen molar-refractivity contribution >= 4 is 66.7 Å². The standard InChI is InChI=1S/C12H3Br2Cl3O2/c13-4-1-7-8(2-5(4)15)18-9-3-6(16)11(17)10(14)12(9)19-7/h1-3H. The molecule has 0 saturated carbocycles. The quantitative estimate of drug-likeness (QED) is 0.345. The molecule has 0 unspecified atom stereocenters. The van der Waals surface area contributed by atoms with Crippen LogP contribution in [0.1, 0.15) is 0 Å². The van der Waals surface area contributed by atoms with Crippen molar-refractivity contribution in [2.24, 2.45) is 0 Å². The Bertz CT molecular complexity index is 704. The summed E-state index contributed by atoms with van der Waals surface area (Å²) < 4.78 is 12.8. The Labute approximate surface area is 140 Å². The minimum atomic E-state index is 0.375. The molecule has 0 saturated heterocycles. The second kappa shape index (κ2) is 5.01. The van der Waals surface area contributed by atoms with Crippen molar-refractivity contribution in [2.75, 3.05) is 0 Å². The Morgan fingerprint density at radius 3 is 2.16 bits per heavy atom. The zero-order chi connectivity index (χ0) is 13.7. The van der Waals surface area contributed by atoms with E-state index in [4.69, 9.17) is 44.3 Å². The lowest BCUT2D eigenvalue weighted by molar-refractivity contribution is 0.357. The van der Waals surface area contributed by atoms with Gasteiger partial charge in [0.05, 0.1) is 19.5 Å². The summed E-state index contributed by atoms with van der Waals surface area (Å²) in [5.74, 6) is 2.03. The third kappa shape index (κ3) is 2.34. The van der Waals surface area contributed by atoms with Crippen LogP contribution in [0.2, 0.25) is 15.1 Å². The van der Waals surface area contributed by atoms with E-state index in [0.717, 1.165) is 4.47 Å². The molecule has 98 valence electrons. The van der Waals surface area contributed by atoms with Crippen LogP contribution in [0.5, 0.6) is 23.0 Å². The molecule has 0 radical (unpaired) electrons. The van der Waals surface area contributed by atoms with E-state index >= 15 is 0 Å². The summed E-state index contributed by atoms with van der Waals surface area (Å²) in [6.45, 7) is 0. The molecule has 1 heterocycles. The molecule has 1 aliphatic rings. The van der Waals surface area contributed by atoms with Gasteiger partial charge in [0.1, 0.15) is 0 Å². The lowest BCUT2D eigenvalue weighted by Crippen LogP contribution is -2.00. The maximum absolute atomic E-state index is 6.05. The summed E-state index contributed by atoms with van der Waals surface area (Å²) >= 11 is 24.8. The lowest BCUT2D eigenvalue weighted by atomic mass is 10.2. The number of hydrogen-bond acceptors (Lipinski definition) is 2. The molecule has 3 rings (SSSR count). The molecule has 2 aromatic carbocycles. The van der Waals surface area contributed by atoms with E-state index in [-0.39, 0.29) is 0 Å². The zero-order valence-corrected chi connectivity index (χ0v) is 14.4. The SMILES string of the molecule is Clc1cc2c(cc1Br)Oc1c(cc(Cl)c(Cl)c1Br)O2. The topological polar surface area (TPSA) is 18.5 Å². The third-order valence-corrected chi connectivity index (χ3v) is 5.47. The third-order valence-electron chi connectivity index (χ3n) is 2.50. The van der Waals surface area contributed by atoms with Gasteiger partial charge in [-0.05, 0) is 31.9 Å². The molecule has 0 fully saturated rings. The van der Waals surface area contributed by atoms with Gasteiger partial charge in [-0.15, -0.1) is 0 Å². The molecule has 0 aromatic heterocycles. The Kier molecular flexibility index (Phi) is 3.65. The largest absolute Gasteiger partial charge is 0.449 e. The first-order valence-electron chi connectivity index (χ1n) is 4.99. The van der Waals surface area contributed by atoms with E-state index < -0.39 is 0 Å². The van der Waals surface area contributed by atoms with Crippen molar-refractivity contribution in [3.8, 4) is 23.0 Å². The molecule has 0 amide bonds. The second-order valence-corrected chi connectivity index (χ2v) is 6.57. The smallest absolute Gasteiger partial charge is 0.185 e. The number of ether oxygens (including phenoxy) is 2. The highest BCUT2D eigenvalue weighted by Gasteiger charge is 2.25. The number of fused-ring (bicyclic) bond motifs is 2. The molecule has 0 atom stereocenters. The summed E-state index contributed by atoms with van der Waals surface area (Å²) in [6.07, 6.45) is 0. The predicted molar refractivity (Wildman–Crippen MR) is 83.5 cm³/mol. The van der Waals surface area contributed by atoms with Gasteiger partial charge in [-0.1, -0.05) is 34.8 Å². The van der Waals surface area contributed by atoms with Gasteiger partial charge >= 0.3 is 0 Å². The molecule has 0 aliphatic carbocycles. The van der Waals surface area contributed by atoms with E-state index in [1.54, 1.807) is 18.2 Å². The van der Waals surface area contributed by atoms with Crippen molar-refractivity contribution in [2.45, 2.75) is 0 Å². The van der Waals surface area contributed by atoms with Gasteiger partial charge in [-0.2, -0.15) is 0 Å². The van der Waals surface area contributed by atoms with Crippen LogP contribution >= 0.6 is 66.7 Å². The number of hydrogen-bond donors (Lipinski definition) is 0. The molecule has 19 heavy (non-hydrogen) atoms. The molecule has 0 N–H and O–H groups in total. The first-order chi connectivity index (χ1) is 8.97. The van der Waals surface area contributed by atoms with Crippen molar-refractivity contribution < 1.29 is 9.47 Å². The minimum Gasteiger partial charge on any atom is -0.449 e. The molecule has 0 bridgehead atoms. The van der Waals surface area contributed by atoms with Crippen molar-refractivity contribution in [3.63, 3.8) is 0 Å². The Morgan fingerprint density at radius 2 is 1.42 bits per heavy atom. The zero-order valence-electron chi connectivity index (χ0n) is 8.94. The molecule has 2 nitrogen and oxygen atoms in total. The Balaban J connectivity index is 2.17. The van der Waals surface area contributed by atoms with Gasteiger partial charge in [0.25, 0.3) is 0 Å². The van der Waals surface area contributed by atoms with E-state index in [0.29, 0.717) is 42.5 Å². The van der Waals surface area contributed by atoms with Crippen molar-refractivity contribution in [1.29, 1.82) is 0 Å². The second-order valence-electron chi connectivity index (χ2n) is 3.73. The first-order valence-corrected chi connectivity index (χ1v) is 7.71. The molecule has 2 aromatic rings. The van der Waals surface area contributed by atoms with Crippen LogP contribution in [0.25, 0.3) is 0 Å². The normalized spacial score (nSPS) is 12.3. The van der Waals surface area contributed by atoms with Gasteiger partial charge in [-0.25, -0.2) is 0 Å². The van der Waals surface area contributed by atoms with Crippen molar-refractivity contribution in [3.05, 3.63) is 42.2 Å². The van der Waals surface area contributed by atoms with Gasteiger partial charge in [0.2, 0.25) is 0 Å². The molecule has 7 heteroatoms. The summed E-state index contributed by atoms with van der Waals surface area (Å²) in [4.78, 5) is 0. The van der Waals surface area contributed by atoms with E-state index in [1.807, 2.05) is 0 Å². The van der Waals surface area contributed by atoms with Gasteiger partial charge in [0, 0.05) is 22.7 Å². The highest BCUT2D eigenvalue weighted by atomic mass is 79.9. The maximum Gasteiger partial charge on any atom is 0.185 e. The highest BCUT2D eigenvalue weighted by Crippen LogP contribution is 2.53. The maximum atomic E-state index is 6.05. The Hall–Kier alpha value is -0.130. The highest BCUT2D eigenvalue weighted by molar-refractivity contribution is 9.11. The number of benzene rings is 2. The fraction of sp³-hybridized carbons (Fsp3) is 0. The van der Waals surface area contributed by atoms with Crippen LogP contribution in [0.15, 0.2) is 27.1 Å². The van der Waals surface area contributed by atoms with Crippen LogP contribution < -0.4 is 9.47 Å². The fourth-order valence-electron chi connectivity index (χ4n) is 1.63. The summed E-state index contributed by atoms with van der Waals surface area (Å²) in [6, 6.07) is 5.00. The predicted octanol–water partition coefficient (Wildman–Crippen LogP) is 7.07. The van der Waals surface area contributed by atoms with E-state index in [1.165, 1.54) is 0 Å². The lowest BCUT2D eigenvalue weighted by Gasteiger charge is -2.22. The average Bonchev–Trinajstić information content (AvgIpc) is 2.37. The molecular formula is C12H3Br2Cl3O2.